The van der Waals surface area contributed by atoms with Crippen LogP contribution in [0.15, 0.2) is 35.7 Å². The van der Waals surface area contributed by atoms with Crippen molar-refractivity contribution in [1.82, 2.24) is 14.8 Å². The van der Waals surface area contributed by atoms with Crippen LogP contribution in [-0.4, -0.2) is 21.9 Å². The highest BCUT2D eigenvalue weighted by Gasteiger charge is 2.14. The van der Waals surface area contributed by atoms with Gasteiger partial charge in [0.05, 0.1) is 22.7 Å². The lowest BCUT2D eigenvalue weighted by atomic mass is 10.3. The number of ether oxygens (including phenoxy) is 1. The molecular weight excluding hydrogens is 314 g/mol. The smallest absolute Gasteiger partial charge is 0.200 e. The van der Waals surface area contributed by atoms with E-state index in [2.05, 4.69) is 10.2 Å². The molecule has 0 aliphatic heterocycles. The molecule has 0 amide bonds. The second kappa shape index (κ2) is 5.40. The van der Waals surface area contributed by atoms with Gasteiger partial charge < -0.3 is 4.74 Å². The number of rotatable bonds is 3. The van der Waals surface area contributed by atoms with Crippen LogP contribution in [0.25, 0.3) is 16.4 Å². The summed E-state index contributed by atoms with van der Waals surface area (Å²) in [7, 11) is 1.61. The first-order valence-corrected chi connectivity index (χ1v) is 7.42. The van der Waals surface area contributed by atoms with Crippen molar-refractivity contribution in [2.75, 3.05) is 7.11 Å². The molecule has 0 saturated heterocycles. The van der Waals surface area contributed by atoms with Crippen molar-refractivity contribution >= 4 is 35.2 Å². The summed E-state index contributed by atoms with van der Waals surface area (Å²) < 4.78 is 7.55. The third-order valence-corrected chi connectivity index (χ3v) is 4.27. The molecule has 4 nitrogen and oxygen atoms in total. The highest BCUT2D eigenvalue weighted by atomic mass is 35.5. The summed E-state index contributed by atoms with van der Waals surface area (Å²) in [6, 6.07) is 9.38. The summed E-state index contributed by atoms with van der Waals surface area (Å²) in [5.74, 6) is 1.45. The number of H-pyrrole nitrogens is 1. The maximum atomic E-state index is 6.29. The van der Waals surface area contributed by atoms with Crippen LogP contribution in [0.2, 0.25) is 5.02 Å². The van der Waals surface area contributed by atoms with Gasteiger partial charge in [-0.05, 0) is 35.8 Å². The van der Waals surface area contributed by atoms with Crippen LogP contribution in [0.3, 0.4) is 0 Å². The van der Waals surface area contributed by atoms with Crippen molar-refractivity contribution in [3.8, 4) is 22.1 Å². The van der Waals surface area contributed by atoms with Gasteiger partial charge in [0, 0.05) is 6.07 Å². The van der Waals surface area contributed by atoms with E-state index in [1.807, 2.05) is 28.1 Å². The van der Waals surface area contributed by atoms with Gasteiger partial charge in [0.2, 0.25) is 0 Å². The summed E-state index contributed by atoms with van der Waals surface area (Å²) in [4.78, 5) is 1.01. The van der Waals surface area contributed by atoms with Crippen LogP contribution in [0.5, 0.6) is 5.75 Å². The maximum absolute atomic E-state index is 6.29. The molecule has 0 aliphatic carbocycles. The van der Waals surface area contributed by atoms with E-state index in [-0.39, 0.29) is 0 Å². The quantitative estimate of drug-likeness (QED) is 0.730. The molecule has 0 aliphatic rings. The molecule has 0 bridgehead atoms. The monoisotopic (exact) mass is 323 g/mol. The molecule has 0 atom stereocenters. The number of halogens is 1. The third-order valence-electron chi connectivity index (χ3n) is 2.81. The third kappa shape index (κ3) is 2.26. The molecule has 3 rings (SSSR count). The summed E-state index contributed by atoms with van der Waals surface area (Å²) >= 11 is 13.2. The van der Waals surface area contributed by atoms with Gasteiger partial charge >= 0.3 is 0 Å². The van der Waals surface area contributed by atoms with Crippen molar-refractivity contribution in [2.24, 2.45) is 0 Å². The van der Waals surface area contributed by atoms with Crippen LogP contribution < -0.4 is 4.74 Å². The Balaban J connectivity index is 2.25. The highest BCUT2D eigenvalue weighted by molar-refractivity contribution is 7.71. The second-order valence-corrected chi connectivity index (χ2v) is 5.72. The van der Waals surface area contributed by atoms with E-state index in [0.717, 1.165) is 16.4 Å². The lowest BCUT2D eigenvalue weighted by Crippen LogP contribution is -1.98. The maximum Gasteiger partial charge on any atom is 0.200 e. The van der Waals surface area contributed by atoms with Crippen LogP contribution in [0.4, 0.5) is 0 Å². The summed E-state index contributed by atoms with van der Waals surface area (Å²) in [5.41, 5.74) is 0.744. The summed E-state index contributed by atoms with van der Waals surface area (Å²) in [6.45, 7) is 0. The van der Waals surface area contributed by atoms with Crippen LogP contribution >= 0.6 is 35.2 Å². The molecule has 3 aromatic rings. The molecule has 0 saturated carbocycles. The first kappa shape index (κ1) is 13.4. The SMILES string of the molecule is COc1ccc(Cl)c(-n2c(-c3cccs3)n[nH]c2=S)c1. The predicted octanol–water partition coefficient (Wildman–Crippen LogP) is 4.32. The minimum Gasteiger partial charge on any atom is -0.497 e. The number of nitrogens with zero attached hydrogens (tertiary/aromatic N) is 2. The van der Waals surface area contributed by atoms with Gasteiger partial charge in [-0.3, -0.25) is 9.67 Å². The fourth-order valence-corrected chi connectivity index (χ4v) is 3.02. The summed E-state index contributed by atoms with van der Waals surface area (Å²) in [5, 5.41) is 9.67. The Morgan fingerprint density at radius 2 is 2.25 bits per heavy atom. The lowest BCUT2D eigenvalue weighted by Gasteiger charge is -2.09. The van der Waals surface area contributed by atoms with Gasteiger partial charge in [-0.15, -0.1) is 11.3 Å². The first-order valence-electron chi connectivity index (χ1n) is 5.76. The molecule has 1 N–H and O–H groups in total. The first-order chi connectivity index (χ1) is 9.70. The molecule has 0 spiro atoms. The predicted molar refractivity (Wildman–Crippen MR) is 83.6 cm³/mol. The number of benzene rings is 1. The number of aromatic amines is 1. The number of aromatic nitrogens is 3. The normalized spacial score (nSPS) is 10.7. The molecule has 0 fully saturated rings. The van der Waals surface area contributed by atoms with Crippen molar-refractivity contribution in [1.29, 1.82) is 0 Å². The van der Waals surface area contributed by atoms with Gasteiger partial charge in [0.1, 0.15) is 5.75 Å². The Kier molecular flexibility index (Phi) is 3.60. The molecule has 20 heavy (non-hydrogen) atoms. The molecule has 1 aromatic carbocycles. The average Bonchev–Trinajstić information content (AvgIpc) is 3.09. The number of hydrogen-bond acceptors (Lipinski definition) is 4. The van der Waals surface area contributed by atoms with Gasteiger partial charge in [0.25, 0.3) is 0 Å². The fourth-order valence-electron chi connectivity index (χ4n) is 1.88. The van der Waals surface area contributed by atoms with Crippen molar-refractivity contribution in [3.05, 3.63) is 45.5 Å². The van der Waals surface area contributed by atoms with Crippen molar-refractivity contribution < 1.29 is 4.74 Å². The van der Waals surface area contributed by atoms with E-state index in [1.165, 1.54) is 0 Å². The summed E-state index contributed by atoms with van der Waals surface area (Å²) in [6.07, 6.45) is 0. The number of hydrogen-bond donors (Lipinski definition) is 1. The Labute approximate surface area is 129 Å². The molecule has 2 aromatic heterocycles. The number of methoxy groups -OCH3 is 1. The van der Waals surface area contributed by atoms with E-state index in [0.29, 0.717) is 15.5 Å². The van der Waals surface area contributed by atoms with Gasteiger partial charge in [-0.25, -0.2) is 0 Å². The lowest BCUT2D eigenvalue weighted by molar-refractivity contribution is 0.414. The molecule has 0 radical (unpaired) electrons. The molecular formula is C13H10ClN3OS2. The standard InChI is InChI=1S/C13H10ClN3OS2/c1-18-8-4-5-9(14)10(7-8)17-12(15-16-13(17)19)11-3-2-6-20-11/h2-7H,1H3,(H,16,19). The van der Waals surface area contributed by atoms with E-state index < -0.39 is 0 Å². The van der Waals surface area contributed by atoms with Gasteiger partial charge in [-0.2, -0.15) is 5.10 Å². The zero-order valence-corrected chi connectivity index (χ0v) is 12.9. The van der Waals surface area contributed by atoms with Crippen molar-refractivity contribution in [2.45, 2.75) is 0 Å². The average molecular weight is 324 g/mol. The minimum atomic E-state index is 0.489. The zero-order chi connectivity index (χ0) is 14.1. The Morgan fingerprint density at radius 1 is 1.40 bits per heavy atom. The van der Waals surface area contributed by atoms with Gasteiger partial charge in [-0.1, -0.05) is 17.7 Å². The molecule has 2 heterocycles. The molecule has 0 unspecified atom stereocenters. The van der Waals surface area contributed by atoms with Crippen LogP contribution in [0, 0.1) is 4.77 Å². The van der Waals surface area contributed by atoms with E-state index in [4.69, 9.17) is 28.6 Å². The van der Waals surface area contributed by atoms with E-state index in [1.54, 1.807) is 30.6 Å². The van der Waals surface area contributed by atoms with Crippen molar-refractivity contribution in [3.63, 3.8) is 0 Å². The Bertz CT molecular complexity index is 792. The van der Waals surface area contributed by atoms with E-state index >= 15 is 0 Å². The Morgan fingerprint density at radius 3 is 2.95 bits per heavy atom. The second-order valence-electron chi connectivity index (χ2n) is 3.98. The van der Waals surface area contributed by atoms with Gasteiger partial charge in [0.15, 0.2) is 10.6 Å². The molecule has 102 valence electrons. The fraction of sp³-hybridized carbons (Fsp3) is 0.0769. The molecule has 7 heteroatoms. The number of thiophene rings is 1. The highest BCUT2D eigenvalue weighted by Crippen LogP contribution is 2.31. The minimum absolute atomic E-state index is 0.489. The zero-order valence-electron chi connectivity index (χ0n) is 10.5. The van der Waals surface area contributed by atoms with Crippen LogP contribution in [0.1, 0.15) is 0 Å². The largest absolute Gasteiger partial charge is 0.497 e. The van der Waals surface area contributed by atoms with E-state index in [9.17, 15) is 0 Å². The number of nitrogens with one attached hydrogen (secondary N) is 1. The van der Waals surface area contributed by atoms with Crippen LogP contribution in [-0.2, 0) is 0 Å². The Hall–Kier alpha value is -1.63. The topological polar surface area (TPSA) is 42.8 Å².